The number of carbonyl (C=O) groups is 2. The molecule has 0 aliphatic carbocycles. The zero-order valence-electron chi connectivity index (χ0n) is 28.5. The van der Waals surface area contributed by atoms with Gasteiger partial charge < -0.3 is 20.1 Å². The van der Waals surface area contributed by atoms with E-state index in [-0.39, 0.29) is 32.6 Å². The van der Waals surface area contributed by atoms with Crippen LogP contribution in [0.4, 0.5) is 0 Å². The van der Waals surface area contributed by atoms with Gasteiger partial charge >= 0.3 is 19.8 Å². The summed E-state index contributed by atoms with van der Waals surface area (Å²) in [6.45, 7) is 3.29. The summed E-state index contributed by atoms with van der Waals surface area (Å²) in [4.78, 5) is 34.6. The molecule has 3 N–H and O–H groups in total. The van der Waals surface area contributed by atoms with Gasteiger partial charge in [0.1, 0.15) is 6.61 Å². The van der Waals surface area contributed by atoms with Crippen LogP contribution in [0.15, 0.2) is 97.2 Å². The van der Waals surface area contributed by atoms with Gasteiger partial charge in [0.25, 0.3) is 0 Å². The topological polar surface area (TPSA) is 134 Å². The Hall–Kier alpha value is -3.07. The van der Waals surface area contributed by atoms with Gasteiger partial charge in [-0.1, -0.05) is 124 Å². The van der Waals surface area contributed by atoms with Crippen LogP contribution < -0.4 is 5.73 Å². The first-order valence-electron chi connectivity index (χ1n) is 16.8. The van der Waals surface area contributed by atoms with Gasteiger partial charge in [0.2, 0.25) is 0 Å². The van der Waals surface area contributed by atoms with Crippen LogP contribution in [-0.2, 0) is 32.7 Å². The first-order chi connectivity index (χ1) is 22.8. The van der Waals surface area contributed by atoms with E-state index in [1.54, 1.807) is 0 Å². The number of allylic oxidation sites excluding steroid dienone is 16. The number of unbranched alkanes of at least 4 members (excludes halogenated alkanes) is 6. The maximum Gasteiger partial charge on any atom is 0.472 e. The molecule has 0 amide bonds. The quantitative estimate of drug-likeness (QED) is 0.0345. The third-order valence-corrected chi connectivity index (χ3v) is 7.14. The van der Waals surface area contributed by atoms with E-state index in [1.165, 1.54) is 0 Å². The highest BCUT2D eigenvalue weighted by Gasteiger charge is 2.25. The molecule has 2 atom stereocenters. The van der Waals surface area contributed by atoms with Crippen molar-refractivity contribution in [3.8, 4) is 0 Å². The van der Waals surface area contributed by atoms with E-state index in [1.807, 2.05) is 72.9 Å². The van der Waals surface area contributed by atoms with Crippen molar-refractivity contribution in [2.45, 2.75) is 97.0 Å². The standard InChI is InChI=1S/C37H58NO8P/c1-3-5-7-9-11-13-15-17-19-21-23-25-27-29-36(39)43-33-35(34-45-47(41,42)44-32-31-38)46-37(40)30-28-26-24-22-20-18-16-14-12-10-8-6-4-2/h5-20,35H,3-4,21-34,38H2,1-2H3,(H,41,42)/b7-5+,8-6+,11-9+,12-10+,15-13+,16-14+,19-17+,20-18+. The van der Waals surface area contributed by atoms with Gasteiger partial charge in [-0.15, -0.1) is 0 Å². The van der Waals surface area contributed by atoms with E-state index in [4.69, 9.17) is 24.3 Å². The van der Waals surface area contributed by atoms with Crippen LogP contribution >= 0.6 is 7.82 Å². The largest absolute Gasteiger partial charge is 0.472 e. The minimum atomic E-state index is -4.39. The summed E-state index contributed by atoms with van der Waals surface area (Å²) in [6.07, 6.45) is 40.2. The van der Waals surface area contributed by atoms with E-state index < -0.39 is 32.5 Å². The van der Waals surface area contributed by atoms with Crippen molar-refractivity contribution in [2.75, 3.05) is 26.4 Å². The second-order valence-corrected chi connectivity index (χ2v) is 11.9. The molecule has 0 bridgehead atoms. The van der Waals surface area contributed by atoms with E-state index in [2.05, 4.69) is 38.2 Å². The third kappa shape index (κ3) is 32.7. The van der Waals surface area contributed by atoms with Crippen LogP contribution in [0.25, 0.3) is 0 Å². The summed E-state index contributed by atoms with van der Waals surface area (Å²) in [5, 5.41) is 0. The van der Waals surface area contributed by atoms with Crippen LogP contribution in [0.5, 0.6) is 0 Å². The second-order valence-electron chi connectivity index (χ2n) is 10.4. The zero-order valence-corrected chi connectivity index (χ0v) is 29.4. The second kappa shape index (κ2) is 32.9. The monoisotopic (exact) mass is 675 g/mol. The molecule has 2 unspecified atom stereocenters. The Morgan fingerprint density at radius 2 is 1.11 bits per heavy atom. The summed E-state index contributed by atoms with van der Waals surface area (Å²) in [7, 11) is -4.39. The third-order valence-electron chi connectivity index (χ3n) is 6.15. The fraction of sp³-hybridized carbons (Fsp3) is 0.514. The lowest BCUT2D eigenvalue weighted by molar-refractivity contribution is -0.161. The average Bonchev–Trinajstić information content (AvgIpc) is 3.05. The number of rotatable bonds is 29. The molecule has 9 nitrogen and oxygen atoms in total. The summed E-state index contributed by atoms with van der Waals surface area (Å²) in [5.41, 5.74) is 5.31. The predicted molar refractivity (Wildman–Crippen MR) is 191 cm³/mol. The summed E-state index contributed by atoms with van der Waals surface area (Å²) >= 11 is 0. The van der Waals surface area contributed by atoms with Crippen molar-refractivity contribution < 1.29 is 37.6 Å². The number of phosphoric acid groups is 1. The number of esters is 2. The number of hydrogen-bond donors (Lipinski definition) is 2. The fourth-order valence-corrected chi connectivity index (χ4v) is 4.48. The molecule has 0 aromatic carbocycles. The van der Waals surface area contributed by atoms with Crippen molar-refractivity contribution in [1.82, 2.24) is 0 Å². The molecule has 0 saturated carbocycles. The van der Waals surface area contributed by atoms with E-state index in [0.717, 1.165) is 51.4 Å². The van der Waals surface area contributed by atoms with Crippen LogP contribution in [-0.4, -0.2) is 49.3 Å². The maximum absolute atomic E-state index is 12.5. The molecular formula is C37H58NO8P. The molecule has 0 aliphatic rings. The first-order valence-corrected chi connectivity index (χ1v) is 18.3. The summed E-state index contributed by atoms with van der Waals surface area (Å²) < 4.78 is 32.4. The molecule has 0 aromatic rings. The molecule has 0 saturated heterocycles. The fourth-order valence-electron chi connectivity index (χ4n) is 3.71. The van der Waals surface area contributed by atoms with Crippen molar-refractivity contribution in [3.05, 3.63) is 97.2 Å². The highest BCUT2D eigenvalue weighted by molar-refractivity contribution is 7.47. The van der Waals surface area contributed by atoms with E-state index in [0.29, 0.717) is 12.8 Å². The van der Waals surface area contributed by atoms with Gasteiger partial charge in [-0.25, -0.2) is 4.57 Å². The van der Waals surface area contributed by atoms with Gasteiger partial charge in [0.05, 0.1) is 13.2 Å². The average molecular weight is 676 g/mol. The Balaban J connectivity index is 4.47. The van der Waals surface area contributed by atoms with Crippen LogP contribution in [0.2, 0.25) is 0 Å². The molecule has 47 heavy (non-hydrogen) atoms. The van der Waals surface area contributed by atoms with Crippen LogP contribution in [0.1, 0.15) is 90.9 Å². The lowest BCUT2D eigenvalue weighted by atomic mass is 10.1. The Labute approximate surface area is 283 Å². The molecule has 0 fully saturated rings. The SMILES string of the molecule is CC/C=C/C=C/C=C/C=C/CCCCCC(=O)OCC(COP(=O)(O)OCCN)OC(=O)CCCCC/C=C/C=C/C=C/C=C/CC. The van der Waals surface area contributed by atoms with Crippen molar-refractivity contribution in [1.29, 1.82) is 0 Å². The number of hydrogen-bond acceptors (Lipinski definition) is 8. The van der Waals surface area contributed by atoms with Gasteiger partial charge in [0, 0.05) is 19.4 Å². The molecular weight excluding hydrogens is 617 g/mol. The Bertz CT molecular complexity index is 1090. The van der Waals surface area contributed by atoms with Crippen LogP contribution in [0.3, 0.4) is 0 Å². The highest BCUT2D eigenvalue weighted by atomic mass is 31.2. The van der Waals surface area contributed by atoms with Gasteiger partial charge in [-0.05, 0) is 51.4 Å². The molecule has 0 heterocycles. The summed E-state index contributed by atoms with van der Waals surface area (Å²) in [5.74, 6) is -0.938. The lowest BCUT2D eigenvalue weighted by Gasteiger charge is -2.19. The van der Waals surface area contributed by atoms with Crippen molar-refractivity contribution >= 4 is 19.8 Å². The molecule has 10 heteroatoms. The number of phosphoric ester groups is 1. The Morgan fingerprint density at radius 1 is 0.638 bits per heavy atom. The Kier molecular flexibility index (Phi) is 30.7. The number of nitrogens with two attached hydrogens (primary N) is 1. The first kappa shape index (κ1) is 43.9. The molecule has 0 rings (SSSR count). The zero-order chi connectivity index (χ0) is 34.7. The molecule has 0 aliphatic heterocycles. The predicted octanol–water partition coefficient (Wildman–Crippen LogP) is 8.70. The molecule has 0 radical (unpaired) electrons. The minimum absolute atomic E-state index is 0.0346. The summed E-state index contributed by atoms with van der Waals surface area (Å²) in [6, 6.07) is 0. The van der Waals surface area contributed by atoms with Crippen molar-refractivity contribution in [2.24, 2.45) is 5.73 Å². The van der Waals surface area contributed by atoms with Gasteiger partial charge in [-0.3, -0.25) is 18.6 Å². The number of carbonyl (C=O) groups excluding carboxylic acids is 2. The van der Waals surface area contributed by atoms with E-state index in [9.17, 15) is 19.0 Å². The smallest absolute Gasteiger partial charge is 0.462 e. The number of ether oxygens (including phenoxy) is 2. The highest BCUT2D eigenvalue weighted by Crippen LogP contribution is 2.43. The Morgan fingerprint density at radius 3 is 1.60 bits per heavy atom. The van der Waals surface area contributed by atoms with Crippen LogP contribution in [0, 0.1) is 0 Å². The normalized spacial score (nSPS) is 14.7. The molecule has 264 valence electrons. The van der Waals surface area contributed by atoms with Crippen molar-refractivity contribution in [3.63, 3.8) is 0 Å². The van der Waals surface area contributed by atoms with Gasteiger partial charge in [-0.2, -0.15) is 0 Å². The van der Waals surface area contributed by atoms with E-state index >= 15 is 0 Å². The maximum atomic E-state index is 12.5. The minimum Gasteiger partial charge on any atom is -0.462 e. The molecule has 0 spiro atoms. The molecule has 0 aromatic heterocycles. The van der Waals surface area contributed by atoms with Gasteiger partial charge in [0.15, 0.2) is 6.10 Å². The lowest BCUT2D eigenvalue weighted by Crippen LogP contribution is -2.29.